The number of hydrogen-bond donors (Lipinski definition) is 1. The Morgan fingerprint density at radius 2 is 1.84 bits per heavy atom. The maximum absolute atomic E-state index is 13.2. The van der Waals surface area contributed by atoms with Crippen molar-refractivity contribution in [3.05, 3.63) is 89.4 Å². The summed E-state index contributed by atoms with van der Waals surface area (Å²) in [4.78, 5) is 17.3. The van der Waals surface area contributed by atoms with Gasteiger partial charge in [-0.25, -0.2) is 4.68 Å². The second-order valence-corrected chi connectivity index (χ2v) is 7.51. The minimum Gasteiger partial charge on any atom is -0.493 e. The van der Waals surface area contributed by atoms with Crippen LogP contribution in [0.1, 0.15) is 27.2 Å². The van der Waals surface area contributed by atoms with Crippen molar-refractivity contribution in [2.24, 2.45) is 0 Å². The summed E-state index contributed by atoms with van der Waals surface area (Å²) in [5.74, 6) is 1.09. The normalized spacial score (nSPS) is 11.6. The second kappa shape index (κ2) is 8.19. The molecule has 0 saturated heterocycles. The van der Waals surface area contributed by atoms with E-state index < -0.39 is 0 Å². The molecule has 2 aromatic heterocycles. The summed E-state index contributed by atoms with van der Waals surface area (Å²) in [6.45, 7) is 0.383. The molecule has 1 aliphatic carbocycles. The number of carbonyl (C=O) groups is 1. The van der Waals surface area contributed by atoms with Crippen LogP contribution in [0.25, 0.3) is 16.9 Å². The zero-order valence-corrected chi connectivity index (χ0v) is 17.8. The molecule has 160 valence electrons. The van der Waals surface area contributed by atoms with Gasteiger partial charge in [-0.15, -0.1) is 0 Å². The largest absolute Gasteiger partial charge is 0.493 e. The van der Waals surface area contributed by atoms with E-state index in [-0.39, 0.29) is 5.91 Å². The van der Waals surface area contributed by atoms with Crippen molar-refractivity contribution in [1.29, 1.82) is 0 Å². The Labute approximate surface area is 185 Å². The molecule has 2 aromatic carbocycles. The second-order valence-electron chi connectivity index (χ2n) is 7.51. The molecule has 7 nitrogen and oxygen atoms in total. The van der Waals surface area contributed by atoms with Crippen LogP contribution in [0.2, 0.25) is 0 Å². The highest BCUT2D eigenvalue weighted by atomic mass is 16.5. The summed E-state index contributed by atoms with van der Waals surface area (Å²) >= 11 is 0. The average molecular weight is 426 g/mol. The fourth-order valence-electron chi connectivity index (χ4n) is 4.08. The van der Waals surface area contributed by atoms with Gasteiger partial charge in [-0.2, -0.15) is 5.10 Å². The van der Waals surface area contributed by atoms with Crippen molar-refractivity contribution in [3.63, 3.8) is 0 Å². The van der Waals surface area contributed by atoms with E-state index in [4.69, 9.17) is 14.6 Å². The number of rotatable bonds is 6. The summed E-state index contributed by atoms with van der Waals surface area (Å²) in [5, 5.41) is 7.71. The topological polar surface area (TPSA) is 78.3 Å². The van der Waals surface area contributed by atoms with E-state index in [0.717, 1.165) is 33.6 Å². The third-order valence-electron chi connectivity index (χ3n) is 5.61. The molecule has 2 heterocycles. The number of fused-ring (bicyclic) bond motifs is 3. The third-order valence-corrected chi connectivity index (χ3v) is 5.61. The lowest BCUT2D eigenvalue weighted by Crippen LogP contribution is -2.24. The number of benzene rings is 2. The number of methoxy groups -OCH3 is 2. The van der Waals surface area contributed by atoms with Gasteiger partial charge in [0.2, 0.25) is 0 Å². The molecule has 0 bridgehead atoms. The Hall–Kier alpha value is -4.13. The Morgan fingerprint density at radius 1 is 1.06 bits per heavy atom. The minimum atomic E-state index is -0.216. The SMILES string of the molecule is COc1cc2c(cc1OC)-c1c(c(C(=O)NCc3cccnc3)nn1-c1ccccc1)C2. The van der Waals surface area contributed by atoms with Crippen molar-refractivity contribution in [2.45, 2.75) is 13.0 Å². The van der Waals surface area contributed by atoms with Gasteiger partial charge in [-0.3, -0.25) is 9.78 Å². The highest BCUT2D eigenvalue weighted by Crippen LogP contribution is 2.44. The molecule has 0 saturated carbocycles. The summed E-state index contributed by atoms with van der Waals surface area (Å²) in [5.41, 5.74) is 6.08. The summed E-state index contributed by atoms with van der Waals surface area (Å²) in [6.07, 6.45) is 4.04. The molecule has 32 heavy (non-hydrogen) atoms. The Bertz CT molecular complexity index is 1280. The maximum atomic E-state index is 13.2. The Morgan fingerprint density at radius 3 is 2.56 bits per heavy atom. The van der Waals surface area contributed by atoms with Crippen molar-refractivity contribution in [2.75, 3.05) is 14.2 Å². The molecule has 1 N–H and O–H groups in total. The van der Waals surface area contributed by atoms with Crippen LogP contribution in [0, 0.1) is 0 Å². The molecule has 7 heteroatoms. The first-order valence-electron chi connectivity index (χ1n) is 10.3. The molecule has 0 spiro atoms. The molecule has 0 aliphatic heterocycles. The van der Waals surface area contributed by atoms with Crippen molar-refractivity contribution in [3.8, 4) is 28.4 Å². The van der Waals surface area contributed by atoms with Gasteiger partial charge in [0, 0.05) is 36.5 Å². The first-order chi connectivity index (χ1) is 15.7. The van der Waals surface area contributed by atoms with Gasteiger partial charge in [-0.05, 0) is 41.5 Å². The third kappa shape index (κ3) is 3.37. The van der Waals surface area contributed by atoms with E-state index in [1.807, 2.05) is 59.3 Å². The van der Waals surface area contributed by atoms with E-state index in [2.05, 4.69) is 10.3 Å². The maximum Gasteiger partial charge on any atom is 0.272 e. The van der Waals surface area contributed by atoms with Crippen molar-refractivity contribution < 1.29 is 14.3 Å². The molecule has 4 aromatic rings. The van der Waals surface area contributed by atoms with Gasteiger partial charge in [0.15, 0.2) is 17.2 Å². The molecule has 0 fully saturated rings. The summed E-state index contributed by atoms with van der Waals surface area (Å²) < 4.78 is 12.8. The van der Waals surface area contributed by atoms with E-state index in [9.17, 15) is 4.79 Å². The number of amides is 1. The van der Waals surface area contributed by atoms with Crippen LogP contribution in [0.5, 0.6) is 11.5 Å². The molecule has 0 atom stereocenters. The van der Waals surface area contributed by atoms with Crippen LogP contribution < -0.4 is 14.8 Å². The lowest BCUT2D eigenvalue weighted by Gasteiger charge is -2.12. The number of hydrogen-bond acceptors (Lipinski definition) is 5. The zero-order chi connectivity index (χ0) is 22.1. The molecule has 1 amide bonds. The fraction of sp³-hybridized carbons (Fsp3) is 0.160. The molecule has 5 rings (SSSR count). The number of para-hydroxylation sites is 1. The number of ether oxygens (including phenoxy) is 2. The first kappa shape index (κ1) is 19.8. The van der Waals surface area contributed by atoms with Crippen LogP contribution in [0.4, 0.5) is 0 Å². The fourth-order valence-corrected chi connectivity index (χ4v) is 4.08. The lowest BCUT2D eigenvalue weighted by molar-refractivity contribution is 0.0944. The quantitative estimate of drug-likeness (QED) is 0.447. The number of pyridine rings is 1. The van der Waals surface area contributed by atoms with E-state index in [1.54, 1.807) is 26.6 Å². The van der Waals surface area contributed by atoms with Crippen molar-refractivity contribution in [1.82, 2.24) is 20.1 Å². The van der Waals surface area contributed by atoms with Crippen LogP contribution in [-0.4, -0.2) is 34.9 Å². The number of nitrogens with one attached hydrogen (secondary N) is 1. The first-order valence-corrected chi connectivity index (χ1v) is 10.3. The molecular formula is C25H22N4O3. The van der Waals surface area contributed by atoms with Gasteiger partial charge < -0.3 is 14.8 Å². The number of carbonyl (C=O) groups excluding carboxylic acids is 1. The average Bonchev–Trinajstić information content (AvgIpc) is 3.39. The van der Waals surface area contributed by atoms with Crippen LogP contribution in [-0.2, 0) is 13.0 Å². The molecule has 0 radical (unpaired) electrons. The monoisotopic (exact) mass is 426 g/mol. The molecule has 0 unspecified atom stereocenters. The van der Waals surface area contributed by atoms with Crippen molar-refractivity contribution >= 4 is 5.91 Å². The minimum absolute atomic E-state index is 0.216. The van der Waals surface area contributed by atoms with E-state index in [0.29, 0.717) is 30.2 Å². The van der Waals surface area contributed by atoms with Gasteiger partial charge in [0.05, 0.1) is 25.6 Å². The standard InChI is InChI=1S/C25H22N4O3/c1-31-21-12-17-11-20-23(25(30)27-15-16-7-6-10-26-14-16)28-29(18-8-4-3-5-9-18)24(20)19(17)13-22(21)32-2/h3-10,12-14H,11,15H2,1-2H3,(H,27,30). The van der Waals surface area contributed by atoms with Crippen LogP contribution in [0.3, 0.4) is 0 Å². The molecular weight excluding hydrogens is 404 g/mol. The van der Waals surface area contributed by atoms with Crippen LogP contribution >= 0.6 is 0 Å². The summed E-state index contributed by atoms with van der Waals surface area (Å²) in [7, 11) is 3.24. The lowest BCUT2D eigenvalue weighted by atomic mass is 10.1. The van der Waals surface area contributed by atoms with E-state index >= 15 is 0 Å². The predicted molar refractivity (Wildman–Crippen MR) is 120 cm³/mol. The number of aromatic nitrogens is 3. The number of nitrogens with zero attached hydrogens (tertiary/aromatic N) is 3. The van der Waals surface area contributed by atoms with Gasteiger partial charge in [0.25, 0.3) is 5.91 Å². The van der Waals surface area contributed by atoms with Gasteiger partial charge in [-0.1, -0.05) is 24.3 Å². The highest BCUT2D eigenvalue weighted by Gasteiger charge is 2.32. The highest BCUT2D eigenvalue weighted by molar-refractivity contribution is 5.97. The van der Waals surface area contributed by atoms with E-state index in [1.165, 1.54) is 0 Å². The van der Waals surface area contributed by atoms with Gasteiger partial charge >= 0.3 is 0 Å². The predicted octanol–water partition coefficient (Wildman–Crippen LogP) is 3.79. The van der Waals surface area contributed by atoms with Crippen LogP contribution in [0.15, 0.2) is 67.0 Å². The smallest absolute Gasteiger partial charge is 0.272 e. The summed E-state index contributed by atoms with van der Waals surface area (Å²) in [6, 6.07) is 17.5. The van der Waals surface area contributed by atoms with Gasteiger partial charge in [0.1, 0.15) is 0 Å². The Balaban J connectivity index is 1.59. The molecule has 1 aliphatic rings. The Kier molecular flexibility index (Phi) is 5.07. The zero-order valence-electron chi connectivity index (χ0n) is 17.8.